The second kappa shape index (κ2) is 11.4. The lowest BCUT2D eigenvalue weighted by Crippen LogP contribution is -2.48. The van der Waals surface area contributed by atoms with Crippen molar-refractivity contribution in [3.05, 3.63) is 59.7 Å². The minimum Gasteiger partial charge on any atom is -0.480 e. The van der Waals surface area contributed by atoms with Crippen LogP contribution < -0.4 is 0 Å². The molecular formula is C31H38N2O8. The highest BCUT2D eigenvalue weighted by molar-refractivity contribution is 5.83. The van der Waals surface area contributed by atoms with Crippen molar-refractivity contribution in [2.45, 2.75) is 77.2 Å². The third-order valence-corrected chi connectivity index (χ3v) is 6.92. The van der Waals surface area contributed by atoms with Gasteiger partial charge in [-0.15, -0.1) is 0 Å². The highest BCUT2D eigenvalue weighted by atomic mass is 16.6. The van der Waals surface area contributed by atoms with Gasteiger partial charge < -0.3 is 19.3 Å². The smallest absolute Gasteiger partial charge is 0.411 e. The maximum atomic E-state index is 13.3. The molecule has 0 bridgehead atoms. The number of carboxylic acid groups (broad SMARTS) is 1. The zero-order valence-corrected chi connectivity index (χ0v) is 24.4. The van der Waals surface area contributed by atoms with Gasteiger partial charge in [0.05, 0.1) is 6.04 Å². The highest BCUT2D eigenvalue weighted by Gasteiger charge is 2.46. The van der Waals surface area contributed by atoms with Crippen molar-refractivity contribution in [1.82, 2.24) is 9.80 Å². The van der Waals surface area contributed by atoms with Crippen LogP contribution in [-0.4, -0.2) is 82.0 Å². The Morgan fingerprint density at radius 2 is 1.41 bits per heavy atom. The first-order valence-corrected chi connectivity index (χ1v) is 13.7. The van der Waals surface area contributed by atoms with E-state index in [9.17, 15) is 24.3 Å². The van der Waals surface area contributed by atoms with E-state index in [1.807, 2.05) is 48.5 Å². The molecule has 2 aliphatic rings. The summed E-state index contributed by atoms with van der Waals surface area (Å²) in [6, 6.07) is 13.8. The topological polar surface area (TPSA) is 123 Å². The molecule has 2 amide bonds. The van der Waals surface area contributed by atoms with E-state index in [4.69, 9.17) is 14.2 Å². The molecule has 0 aromatic heterocycles. The number of hydrogen-bond donors (Lipinski definition) is 1. The SMILES string of the molecule is CC(C)(C)OC(=O)CN(C(=O)OC(C)(C)C)[C@@H]1C[C@@H](C(=O)O)N(C(=O)OCC2c3ccccc3-c3ccccc32)C1. The zero-order chi connectivity index (χ0) is 30.1. The second-order valence-electron chi connectivity index (χ2n) is 12.4. The van der Waals surface area contributed by atoms with Gasteiger partial charge in [-0.2, -0.15) is 0 Å². The number of carbonyl (C=O) groups is 4. The van der Waals surface area contributed by atoms with Crippen molar-refractivity contribution in [3.63, 3.8) is 0 Å². The highest BCUT2D eigenvalue weighted by Crippen LogP contribution is 2.44. The molecule has 0 unspecified atom stereocenters. The average molecular weight is 567 g/mol. The Labute approximate surface area is 240 Å². The molecule has 1 aliphatic heterocycles. The Kier molecular flexibility index (Phi) is 8.33. The van der Waals surface area contributed by atoms with Gasteiger partial charge in [0.1, 0.15) is 30.4 Å². The quantitative estimate of drug-likeness (QED) is 0.381. The van der Waals surface area contributed by atoms with E-state index in [0.717, 1.165) is 32.1 Å². The van der Waals surface area contributed by atoms with Crippen LogP contribution in [0.3, 0.4) is 0 Å². The van der Waals surface area contributed by atoms with Gasteiger partial charge in [0, 0.05) is 18.9 Å². The summed E-state index contributed by atoms with van der Waals surface area (Å²) in [4.78, 5) is 53.6. The molecule has 10 nitrogen and oxygen atoms in total. The summed E-state index contributed by atoms with van der Waals surface area (Å²) in [7, 11) is 0. The van der Waals surface area contributed by atoms with Crippen LogP contribution >= 0.6 is 0 Å². The van der Waals surface area contributed by atoms with Gasteiger partial charge in [-0.3, -0.25) is 14.6 Å². The van der Waals surface area contributed by atoms with Crippen LogP contribution in [0, 0.1) is 0 Å². The Bertz CT molecular complexity index is 1280. The first-order chi connectivity index (χ1) is 19.1. The van der Waals surface area contributed by atoms with Crippen molar-refractivity contribution in [1.29, 1.82) is 0 Å². The van der Waals surface area contributed by atoms with Gasteiger partial charge in [-0.25, -0.2) is 14.4 Å². The van der Waals surface area contributed by atoms with Crippen LogP contribution in [0.2, 0.25) is 0 Å². The summed E-state index contributed by atoms with van der Waals surface area (Å²) >= 11 is 0. The molecule has 0 saturated carbocycles. The molecule has 4 rings (SSSR count). The zero-order valence-electron chi connectivity index (χ0n) is 24.4. The van der Waals surface area contributed by atoms with Gasteiger partial charge in [-0.05, 0) is 63.8 Å². The first-order valence-electron chi connectivity index (χ1n) is 13.7. The van der Waals surface area contributed by atoms with Gasteiger partial charge in [0.25, 0.3) is 0 Å². The number of carbonyl (C=O) groups excluding carboxylic acids is 3. The molecule has 1 heterocycles. The second-order valence-corrected chi connectivity index (χ2v) is 12.4. The Balaban J connectivity index is 1.52. The number of aliphatic carboxylic acids is 1. The molecule has 41 heavy (non-hydrogen) atoms. The summed E-state index contributed by atoms with van der Waals surface area (Å²) in [5, 5.41) is 9.96. The molecule has 1 N–H and O–H groups in total. The fraction of sp³-hybridized carbons (Fsp3) is 0.484. The van der Waals surface area contributed by atoms with Crippen molar-refractivity contribution in [2.75, 3.05) is 19.7 Å². The van der Waals surface area contributed by atoms with E-state index in [-0.39, 0.29) is 25.5 Å². The van der Waals surface area contributed by atoms with E-state index in [1.54, 1.807) is 41.5 Å². The minimum absolute atomic E-state index is 0.0219. The third-order valence-electron chi connectivity index (χ3n) is 6.92. The lowest BCUT2D eigenvalue weighted by molar-refractivity contribution is -0.156. The Hall–Kier alpha value is -4.08. The molecule has 220 valence electrons. The molecule has 2 atom stereocenters. The number of esters is 1. The van der Waals surface area contributed by atoms with Crippen LogP contribution in [0.5, 0.6) is 0 Å². The minimum atomic E-state index is -1.25. The Morgan fingerprint density at radius 1 is 0.878 bits per heavy atom. The summed E-state index contributed by atoms with van der Waals surface area (Å²) in [6.07, 6.45) is -1.70. The predicted octanol–water partition coefficient (Wildman–Crippen LogP) is 5.04. The average Bonchev–Trinajstić information content (AvgIpc) is 3.44. The normalized spacial score (nSPS) is 18.3. The third kappa shape index (κ3) is 6.99. The number of fused-ring (bicyclic) bond motifs is 3. The number of nitrogens with zero attached hydrogens (tertiary/aromatic N) is 2. The van der Waals surface area contributed by atoms with E-state index >= 15 is 0 Å². The lowest BCUT2D eigenvalue weighted by Gasteiger charge is -2.31. The summed E-state index contributed by atoms with van der Waals surface area (Å²) in [5.41, 5.74) is 2.56. The molecule has 0 radical (unpaired) electrons. The van der Waals surface area contributed by atoms with Crippen molar-refractivity contribution in [3.8, 4) is 11.1 Å². The lowest BCUT2D eigenvalue weighted by atomic mass is 9.98. The van der Waals surface area contributed by atoms with Crippen LogP contribution in [0.15, 0.2) is 48.5 Å². The molecule has 1 fully saturated rings. The molecule has 2 aromatic carbocycles. The number of benzene rings is 2. The summed E-state index contributed by atoms with van der Waals surface area (Å²) in [5.74, 6) is -2.10. The Morgan fingerprint density at radius 3 is 1.93 bits per heavy atom. The molecule has 0 spiro atoms. The number of amides is 2. The maximum Gasteiger partial charge on any atom is 0.411 e. The van der Waals surface area contributed by atoms with Crippen LogP contribution in [0.1, 0.15) is 65.0 Å². The predicted molar refractivity (Wildman–Crippen MR) is 150 cm³/mol. The van der Waals surface area contributed by atoms with Gasteiger partial charge >= 0.3 is 24.1 Å². The standard InChI is InChI=1S/C31H38N2O8/c1-30(2,3)40-26(34)17-32(29(38)41-31(4,5)6)19-15-25(27(35)36)33(16-19)28(37)39-18-24-22-13-9-7-11-20(22)21-12-8-10-14-23(21)24/h7-14,19,24-25H,15-18H2,1-6H3,(H,35,36)/t19-,25+/m1/s1. The monoisotopic (exact) mass is 566 g/mol. The molecular weight excluding hydrogens is 528 g/mol. The van der Waals surface area contributed by atoms with E-state index in [0.29, 0.717) is 0 Å². The molecule has 10 heteroatoms. The van der Waals surface area contributed by atoms with Crippen molar-refractivity contribution in [2.24, 2.45) is 0 Å². The van der Waals surface area contributed by atoms with Gasteiger partial charge in [0.15, 0.2) is 0 Å². The summed E-state index contributed by atoms with van der Waals surface area (Å²) in [6.45, 7) is 9.61. The van der Waals surface area contributed by atoms with E-state index < -0.39 is 54.0 Å². The fourth-order valence-corrected chi connectivity index (χ4v) is 5.33. The van der Waals surface area contributed by atoms with E-state index in [2.05, 4.69) is 0 Å². The van der Waals surface area contributed by atoms with Crippen LogP contribution in [0.25, 0.3) is 11.1 Å². The van der Waals surface area contributed by atoms with Crippen molar-refractivity contribution >= 4 is 24.1 Å². The number of rotatable bonds is 6. The molecule has 2 aromatic rings. The van der Waals surface area contributed by atoms with Crippen LogP contribution in [-0.2, 0) is 23.8 Å². The number of carboxylic acids is 1. The van der Waals surface area contributed by atoms with Crippen LogP contribution in [0.4, 0.5) is 9.59 Å². The fourth-order valence-electron chi connectivity index (χ4n) is 5.33. The summed E-state index contributed by atoms with van der Waals surface area (Å²) < 4.78 is 16.6. The number of likely N-dealkylation sites (tertiary alicyclic amines) is 1. The van der Waals surface area contributed by atoms with E-state index in [1.165, 1.54) is 0 Å². The molecule has 1 aliphatic carbocycles. The largest absolute Gasteiger partial charge is 0.480 e. The van der Waals surface area contributed by atoms with Gasteiger partial charge in [-0.1, -0.05) is 48.5 Å². The number of hydrogen-bond acceptors (Lipinski definition) is 7. The van der Waals surface area contributed by atoms with Crippen molar-refractivity contribution < 1.29 is 38.5 Å². The maximum absolute atomic E-state index is 13.3. The van der Waals surface area contributed by atoms with Gasteiger partial charge in [0.2, 0.25) is 0 Å². The number of ether oxygens (including phenoxy) is 3. The first kappa shape index (κ1) is 29.9. The molecule has 1 saturated heterocycles.